The van der Waals surface area contributed by atoms with Crippen LogP contribution in [0.25, 0.3) is 0 Å². The molecule has 6 nitrogen and oxygen atoms in total. The van der Waals surface area contributed by atoms with Crippen LogP contribution in [0.4, 0.5) is 0 Å². The van der Waals surface area contributed by atoms with Gasteiger partial charge >= 0.3 is 0 Å². The van der Waals surface area contributed by atoms with Gasteiger partial charge in [-0.15, -0.1) is 0 Å². The van der Waals surface area contributed by atoms with Gasteiger partial charge in [-0.2, -0.15) is 0 Å². The second kappa shape index (κ2) is 8.56. The van der Waals surface area contributed by atoms with E-state index in [1.165, 1.54) is 0 Å². The molecule has 0 saturated carbocycles. The summed E-state index contributed by atoms with van der Waals surface area (Å²) in [4.78, 5) is 0. The molecule has 0 unspecified atom stereocenters. The number of aliphatic hydroxyl groups is 4. The number of rotatable bonds is 6. The van der Waals surface area contributed by atoms with Crippen molar-refractivity contribution in [2.75, 3.05) is 13.7 Å². The Morgan fingerprint density at radius 3 is 2.44 bits per heavy atom. The van der Waals surface area contributed by atoms with Gasteiger partial charge < -0.3 is 29.9 Å². The van der Waals surface area contributed by atoms with Crippen LogP contribution >= 0.6 is 11.6 Å². The van der Waals surface area contributed by atoms with Crippen LogP contribution < -0.4 is 4.74 Å². The number of ether oxygens (including phenoxy) is 2. The van der Waals surface area contributed by atoms with Gasteiger partial charge in [-0.05, 0) is 41.3 Å². The van der Waals surface area contributed by atoms with E-state index >= 15 is 0 Å². The van der Waals surface area contributed by atoms with E-state index in [9.17, 15) is 15.3 Å². The number of hydrogen-bond acceptors (Lipinski definition) is 6. The van der Waals surface area contributed by atoms with E-state index in [0.717, 1.165) is 16.9 Å². The van der Waals surface area contributed by atoms with Gasteiger partial charge in [-0.3, -0.25) is 0 Å². The maximum absolute atomic E-state index is 10.3. The highest BCUT2D eigenvalue weighted by Gasteiger charge is 2.46. The summed E-state index contributed by atoms with van der Waals surface area (Å²) in [5.41, 5.74) is 2.52. The summed E-state index contributed by atoms with van der Waals surface area (Å²) < 4.78 is 10.8. The molecular weight excluding hydrogens is 372 g/mol. The van der Waals surface area contributed by atoms with E-state index in [-0.39, 0.29) is 0 Å². The van der Waals surface area contributed by atoms with Crippen LogP contribution in [-0.2, 0) is 11.2 Å². The highest BCUT2D eigenvalue weighted by atomic mass is 35.5. The summed E-state index contributed by atoms with van der Waals surface area (Å²) >= 11 is 6.33. The van der Waals surface area contributed by atoms with Gasteiger partial charge in [0.2, 0.25) is 0 Å². The van der Waals surface area contributed by atoms with Crippen LogP contribution in [0.1, 0.15) is 22.8 Å². The molecule has 0 amide bonds. The number of benzene rings is 2. The van der Waals surface area contributed by atoms with Crippen LogP contribution in [0.3, 0.4) is 0 Å². The first-order valence-electron chi connectivity index (χ1n) is 8.66. The Labute approximate surface area is 162 Å². The molecule has 2 aromatic carbocycles. The summed E-state index contributed by atoms with van der Waals surface area (Å²) in [6.07, 6.45) is -5.09. The van der Waals surface area contributed by atoms with Crippen molar-refractivity contribution in [1.82, 2.24) is 0 Å². The van der Waals surface area contributed by atoms with E-state index in [1.54, 1.807) is 19.2 Å². The van der Waals surface area contributed by atoms with Gasteiger partial charge in [0, 0.05) is 5.02 Å². The number of halogens is 1. The number of hydrogen-bond donors (Lipinski definition) is 4. The van der Waals surface area contributed by atoms with E-state index in [1.807, 2.05) is 30.3 Å². The Morgan fingerprint density at radius 2 is 1.81 bits per heavy atom. The molecule has 7 heteroatoms. The minimum Gasteiger partial charge on any atom is -0.497 e. The average Bonchev–Trinajstić information content (AvgIpc) is 2.98. The van der Waals surface area contributed by atoms with Crippen molar-refractivity contribution < 1.29 is 29.9 Å². The molecule has 2 aromatic rings. The topological polar surface area (TPSA) is 99.4 Å². The van der Waals surface area contributed by atoms with Crippen molar-refractivity contribution in [3.05, 3.63) is 64.2 Å². The number of aliphatic hydroxyl groups excluding tert-OH is 4. The molecule has 1 saturated heterocycles. The van der Waals surface area contributed by atoms with E-state index in [2.05, 4.69) is 0 Å². The summed E-state index contributed by atoms with van der Waals surface area (Å²) in [5.74, 6) is 0.767. The Balaban J connectivity index is 1.82. The fourth-order valence-electron chi connectivity index (χ4n) is 3.27. The van der Waals surface area contributed by atoms with Crippen molar-refractivity contribution in [2.45, 2.75) is 36.9 Å². The van der Waals surface area contributed by atoms with Crippen LogP contribution in [0, 0.1) is 0 Å². The number of methoxy groups -OCH3 is 1. The lowest BCUT2D eigenvalue weighted by Gasteiger charge is -2.19. The largest absolute Gasteiger partial charge is 0.497 e. The highest BCUT2D eigenvalue weighted by Crippen LogP contribution is 2.36. The minimum absolute atomic E-state index is 0.565. The lowest BCUT2D eigenvalue weighted by molar-refractivity contribution is -0.0820. The zero-order chi connectivity index (χ0) is 19.6. The molecular formula is C20H23ClO6. The first-order chi connectivity index (χ1) is 12.9. The zero-order valence-electron chi connectivity index (χ0n) is 14.8. The summed E-state index contributed by atoms with van der Waals surface area (Å²) in [7, 11) is 1.61. The van der Waals surface area contributed by atoms with Crippen LogP contribution in [0.15, 0.2) is 42.5 Å². The van der Waals surface area contributed by atoms with E-state index in [0.29, 0.717) is 17.0 Å². The molecule has 1 fully saturated rings. The molecule has 4 N–H and O–H groups in total. The molecule has 27 heavy (non-hydrogen) atoms. The zero-order valence-corrected chi connectivity index (χ0v) is 15.6. The van der Waals surface area contributed by atoms with Crippen LogP contribution in [0.2, 0.25) is 5.02 Å². The monoisotopic (exact) mass is 394 g/mol. The third kappa shape index (κ3) is 4.27. The first kappa shape index (κ1) is 20.1. The molecule has 1 aliphatic heterocycles. The van der Waals surface area contributed by atoms with Crippen molar-refractivity contribution >= 4 is 11.6 Å². The average molecular weight is 395 g/mol. The van der Waals surface area contributed by atoms with Crippen LogP contribution in [-0.4, -0.2) is 58.6 Å². The lowest BCUT2D eigenvalue weighted by Crippen LogP contribution is -2.40. The predicted molar refractivity (Wildman–Crippen MR) is 100.0 cm³/mol. The van der Waals surface area contributed by atoms with Crippen molar-refractivity contribution in [3.63, 3.8) is 0 Å². The standard InChI is InChI=1S/C20H23ClO6/c1-26-14-5-2-11(3-6-14)8-13-9-12(4-7-15(13)21)19-17(24)18(25)20(27-19)16(23)10-22/h2-7,9,16-20,22-25H,8,10H2,1H3/t16-,17-,18-,19+,20-/m1/s1. The molecule has 0 aromatic heterocycles. The van der Waals surface area contributed by atoms with Gasteiger partial charge in [-0.25, -0.2) is 0 Å². The van der Waals surface area contributed by atoms with Gasteiger partial charge in [-0.1, -0.05) is 35.9 Å². The summed E-state index contributed by atoms with van der Waals surface area (Å²) in [6, 6.07) is 12.9. The van der Waals surface area contributed by atoms with Gasteiger partial charge in [0.15, 0.2) is 0 Å². The third-order valence-corrected chi connectivity index (χ3v) is 5.19. The van der Waals surface area contributed by atoms with Crippen molar-refractivity contribution in [2.24, 2.45) is 0 Å². The normalized spacial score (nSPS) is 26.1. The molecule has 146 valence electrons. The highest BCUT2D eigenvalue weighted by molar-refractivity contribution is 6.31. The molecule has 0 aliphatic carbocycles. The predicted octanol–water partition coefficient (Wildman–Crippen LogP) is 1.45. The van der Waals surface area contributed by atoms with Gasteiger partial charge in [0.1, 0.15) is 36.3 Å². The molecule has 3 rings (SSSR count). The minimum atomic E-state index is -1.29. The smallest absolute Gasteiger partial charge is 0.118 e. The second-order valence-corrected chi connectivity index (χ2v) is 7.04. The van der Waals surface area contributed by atoms with E-state index < -0.39 is 37.1 Å². The Morgan fingerprint density at radius 1 is 1.11 bits per heavy atom. The Hall–Kier alpha value is -1.67. The quantitative estimate of drug-likeness (QED) is 0.592. The molecule has 1 aliphatic rings. The lowest BCUT2D eigenvalue weighted by atomic mass is 9.96. The fraction of sp³-hybridized carbons (Fsp3) is 0.400. The van der Waals surface area contributed by atoms with Crippen molar-refractivity contribution in [1.29, 1.82) is 0 Å². The fourth-order valence-corrected chi connectivity index (χ4v) is 3.46. The Bertz CT molecular complexity index is 766. The Kier molecular flexibility index (Phi) is 6.37. The summed E-state index contributed by atoms with van der Waals surface area (Å²) in [6.45, 7) is -0.565. The van der Waals surface area contributed by atoms with Gasteiger partial charge in [0.05, 0.1) is 13.7 Å². The van der Waals surface area contributed by atoms with Crippen LogP contribution in [0.5, 0.6) is 5.75 Å². The molecule has 0 bridgehead atoms. The molecule has 0 radical (unpaired) electrons. The molecule has 1 heterocycles. The maximum Gasteiger partial charge on any atom is 0.118 e. The first-order valence-corrected chi connectivity index (χ1v) is 9.04. The van der Waals surface area contributed by atoms with E-state index in [4.69, 9.17) is 26.2 Å². The van der Waals surface area contributed by atoms with Gasteiger partial charge in [0.25, 0.3) is 0 Å². The second-order valence-electron chi connectivity index (χ2n) is 6.63. The molecule has 0 spiro atoms. The third-order valence-electron chi connectivity index (χ3n) is 4.82. The molecule has 5 atom stereocenters. The maximum atomic E-state index is 10.3. The SMILES string of the molecule is COc1ccc(Cc2cc([C@@H]3O[C@H]([C@H](O)CO)[C@H](O)[C@H]3O)ccc2Cl)cc1. The van der Waals surface area contributed by atoms with Crippen molar-refractivity contribution in [3.8, 4) is 5.75 Å². The summed E-state index contributed by atoms with van der Waals surface area (Å²) in [5, 5.41) is 39.9.